The number of tetrazole rings is 1. The number of carbonyl (C=O) groups excluding carboxylic acids is 1. The first-order valence-corrected chi connectivity index (χ1v) is 9.59. The van der Waals surface area contributed by atoms with Crippen molar-refractivity contribution < 1.29 is 9.90 Å². The van der Waals surface area contributed by atoms with E-state index in [1.807, 2.05) is 35.0 Å². The van der Waals surface area contributed by atoms with E-state index in [4.69, 9.17) is 0 Å². The third kappa shape index (κ3) is 4.79. The van der Waals surface area contributed by atoms with Crippen LogP contribution in [0.3, 0.4) is 0 Å². The van der Waals surface area contributed by atoms with E-state index in [1.54, 1.807) is 4.90 Å². The molecule has 0 saturated heterocycles. The van der Waals surface area contributed by atoms with Gasteiger partial charge in [-0.15, -0.1) is 5.10 Å². The SMILES string of the molecule is O=C(CSc1nnnn1C1CCCC1)N(CCO)Cc1ccccc1. The van der Waals surface area contributed by atoms with Crippen LogP contribution in [-0.4, -0.2) is 55.0 Å². The van der Waals surface area contributed by atoms with Crippen molar-refractivity contribution in [1.29, 1.82) is 0 Å². The van der Waals surface area contributed by atoms with Crippen LogP contribution in [0.4, 0.5) is 0 Å². The number of aliphatic hydroxyl groups excluding tert-OH is 1. The Kier molecular flexibility index (Phi) is 6.41. The molecule has 134 valence electrons. The average molecular weight is 361 g/mol. The van der Waals surface area contributed by atoms with Gasteiger partial charge in [0.1, 0.15) is 0 Å². The van der Waals surface area contributed by atoms with Gasteiger partial charge in [-0.2, -0.15) is 0 Å². The Morgan fingerprint density at radius 3 is 2.76 bits per heavy atom. The molecule has 1 amide bonds. The number of amides is 1. The van der Waals surface area contributed by atoms with Gasteiger partial charge in [-0.1, -0.05) is 54.9 Å². The van der Waals surface area contributed by atoms with Crippen LogP contribution in [0, 0.1) is 0 Å². The minimum Gasteiger partial charge on any atom is -0.395 e. The molecule has 0 bridgehead atoms. The molecule has 3 rings (SSSR count). The third-order valence-electron chi connectivity index (χ3n) is 4.40. The number of nitrogens with zero attached hydrogens (tertiary/aromatic N) is 5. The lowest BCUT2D eigenvalue weighted by Crippen LogP contribution is -2.34. The molecule has 1 N–H and O–H groups in total. The molecular formula is C17H23N5O2S. The highest BCUT2D eigenvalue weighted by Gasteiger charge is 2.23. The molecule has 1 aromatic heterocycles. The average Bonchev–Trinajstić information content (AvgIpc) is 3.31. The van der Waals surface area contributed by atoms with E-state index in [0.717, 1.165) is 18.4 Å². The molecule has 25 heavy (non-hydrogen) atoms. The van der Waals surface area contributed by atoms with Crippen LogP contribution in [0.15, 0.2) is 35.5 Å². The van der Waals surface area contributed by atoms with Gasteiger partial charge in [0, 0.05) is 13.1 Å². The monoisotopic (exact) mass is 361 g/mol. The number of aliphatic hydroxyl groups is 1. The van der Waals surface area contributed by atoms with Crippen LogP contribution in [0.25, 0.3) is 0 Å². The summed E-state index contributed by atoms with van der Waals surface area (Å²) in [6.45, 7) is 0.763. The molecule has 1 saturated carbocycles. The number of aromatic nitrogens is 4. The maximum atomic E-state index is 12.6. The number of benzene rings is 1. The van der Waals surface area contributed by atoms with E-state index in [9.17, 15) is 9.90 Å². The van der Waals surface area contributed by atoms with Crippen molar-refractivity contribution in [1.82, 2.24) is 25.1 Å². The smallest absolute Gasteiger partial charge is 0.233 e. The lowest BCUT2D eigenvalue weighted by Gasteiger charge is -2.21. The Labute approximate surface area is 151 Å². The summed E-state index contributed by atoms with van der Waals surface area (Å²) in [5.74, 6) is 0.240. The van der Waals surface area contributed by atoms with Gasteiger partial charge in [-0.3, -0.25) is 4.79 Å². The molecule has 1 aliphatic rings. The predicted molar refractivity (Wildman–Crippen MR) is 95.0 cm³/mol. The van der Waals surface area contributed by atoms with E-state index in [-0.39, 0.29) is 18.3 Å². The Bertz CT molecular complexity index is 673. The highest BCUT2D eigenvalue weighted by Crippen LogP contribution is 2.31. The summed E-state index contributed by atoms with van der Waals surface area (Å²) in [6.07, 6.45) is 4.60. The van der Waals surface area contributed by atoms with Crippen molar-refractivity contribution in [3.63, 3.8) is 0 Å². The quantitative estimate of drug-likeness (QED) is 0.723. The van der Waals surface area contributed by atoms with Crippen molar-refractivity contribution >= 4 is 17.7 Å². The van der Waals surface area contributed by atoms with Gasteiger partial charge in [0.2, 0.25) is 11.1 Å². The van der Waals surface area contributed by atoms with Crippen molar-refractivity contribution in [2.45, 2.75) is 43.4 Å². The van der Waals surface area contributed by atoms with Crippen LogP contribution in [0.5, 0.6) is 0 Å². The number of hydrogen-bond acceptors (Lipinski definition) is 6. The standard InChI is InChI=1S/C17H23N5O2S/c23-11-10-21(12-14-6-2-1-3-7-14)16(24)13-25-17-18-19-20-22(17)15-8-4-5-9-15/h1-3,6-7,15,23H,4-5,8-13H2. The first kappa shape index (κ1) is 17.9. The van der Waals surface area contributed by atoms with Gasteiger partial charge in [0.05, 0.1) is 18.4 Å². The van der Waals surface area contributed by atoms with Crippen molar-refractivity contribution in [3.05, 3.63) is 35.9 Å². The number of rotatable bonds is 8. The molecule has 0 spiro atoms. The predicted octanol–water partition coefficient (Wildman–Crippen LogP) is 1.90. The van der Waals surface area contributed by atoms with Gasteiger partial charge >= 0.3 is 0 Å². The highest BCUT2D eigenvalue weighted by atomic mass is 32.2. The largest absolute Gasteiger partial charge is 0.395 e. The fourth-order valence-electron chi connectivity index (χ4n) is 3.09. The molecule has 0 radical (unpaired) electrons. The summed E-state index contributed by atoms with van der Waals surface area (Å²) in [5.41, 5.74) is 1.05. The Hall–Kier alpha value is -1.93. The molecule has 0 aliphatic heterocycles. The summed E-state index contributed by atoms with van der Waals surface area (Å²) < 4.78 is 1.86. The first-order valence-electron chi connectivity index (χ1n) is 8.61. The van der Waals surface area contributed by atoms with E-state index < -0.39 is 0 Å². The molecule has 1 heterocycles. The maximum absolute atomic E-state index is 12.6. The molecule has 1 aromatic carbocycles. The summed E-state index contributed by atoms with van der Waals surface area (Å²) in [4.78, 5) is 14.3. The lowest BCUT2D eigenvalue weighted by molar-refractivity contribution is -0.129. The van der Waals surface area contributed by atoms with Gasteiger partial charge in [-0.25, -0.2) is 4.68 Å². The lowest BCUT2D eigenvalue weighted by atomic mass is 10.2. The molecule has 1 fully saturated rings. The van der Waals surface area contributed by atoms with Crippen LogP contribution in [0.1, 0.15) is 37.3 Å². The minimum absolute atomic E-state index is 0.0242. The zero-order valence-electron chi connectivity index (χ0n) is 14.1. The van der Waals surface area contributed by atoms with E-state index >= 15 is 0 Å². The van der Waals surface area contributed by atoms with Gasteiger partial charge in [0.25, 0.3) is 0 Å². The van der Waals surface area contributed by atoms with Crippen molar-refractivity contribution in [2.75, 3.05) is 18.9 Å². The molecular weight excluding hydrogens is 338 g/mol. The summed E-state index contributed by atoms with van der Waals surface area (Å²) in [6, 6.07) is 10.1. The summed E-state index contributed by atoms with van der Waals surface area (Å²) in [7, 11) is 0. The van der Waals surface area contributed by atoms with Gasteiger partial charge < -0.3 is 10.0 Å². The molecule has 0 atom stereocenters. The van der Waals surface area contributed by atoms with Crippen LogP contribution in [-0.2, 0) is 11.3 Å². The van der Waals surface area contributed by atoms with Crippen LogP contribution < -0.4 is 0 Å². The maximum Gasteiger partial charge on any atom is 0.233 e. The third-order valence-corrected chi connectivity index (χ3v) is 5.32. The second-order valence-corrected chi connectivity index (χ2v) is 7.10. The zero-order valence-corrected chi connectivity index (χ0v) is 14.9. The molecule has 1 aliphatic carbocycles. The van der Waals surface area contributed by atoms with Crippen molar-refractivity contribution in [2.24, 2.45) is 0 Å². The molecule has 2 aromatic rings. The second-order valence-electron chi connectivity index (χ2n) is 6.16. The first-order chi connectivity index (χ1) is 12.3. The van der Waals surface area contributed by atoms with Crippen LogP contribution >= 0.6 is 11.8 Å². The Balaban J connectivity index is 1.59. The van der Waals surface area contributed by atoms with E-state index in [0.29, 0.717) is 24.3 Å². The van der Waals surface area contributed by atoms with E-state index in [1.165, 1.54) is 24.6 Å². The Morgan fingerprint density at radius 1 is 1.28 bits per heavy atom. The molecule has 7 nitrogen and oxygen atoms in total. The van der Waals surface area contributed by atoms with Gasteiger partial charge in [0.15, 0.2) is 0 Å². The van der Waals surface area contributed by atoms with E-state index in [2.05, 4.69) is 15.5 Å². The number of hydrogen-bond donors (Lipinski definition) is 1. The highest BCUT2D eigenvalue weighted by molar-refractivity contribution is 7.99. The molecule has 0 unspecified atom stereocenters. The van der Waals surface area contributed by atoms with Gasteiger partial charge in [-0.05, 0) is 28.8 Å². The fraction of sp³-hybridized carbons (Fsp3) is 0.529. The zero-order chi connectivity index (χ0) is 17.5. The molecule has 8 heteroatoms. The topological polar surface area (TPSA) is 84.1 Å². The van der Waals surface area contributed by atoms with Crippen molar-refractivity contribution in [3.8, 4) is 0 Å². The minimum atomic E-state index is -0.0525. The number of carbonyl (C=O) groups is 1. The number of thioether (sulfide) groups is 1. The van der Waals surface area contributed by atoms with Crippen LogP contribution in [0.2, 0.25) is 0 Å². The second kappa shape index (κ2) is 8.96. The normalized spacial score (nSPS) is 14.8. The summed E-state index contributed by atoms with van der Waals surface area (Å²) in [5, 5.41) is 21.9. The Morgan fingerprint density at radius 2 is 2.04 bits per heavy atom. The summed E-state index contributed by atoms with van der Waals surface area (Å²) >= 11 is 1.37. The fourth-order valence-corrected chi connectivity index (χ4v) is 3.94.